The first-order chi connectivity index (χ1) is 10.2. The topological polar surface area (TPSA) is 27.7 Å². The van der Waals surface area contributed by atoms with E-state index < -0.39 is 0 Å². The van der Waals surface area contributed by atoms with Gasteiger partial charge in [0.15, 0.2) is 0 Å². The van der Waals surface area contributed by atoms with Gasteiger partial charge < -0.3 is 14.0 Å². The molecule has 1 fully saturated rings. The van der Waals surface area contributed by atoms with Gasteiger partial charge >= 0.3 is 7.12 Å². The van der Waals surface area contributed by atoms with Crippen molar-refractivity contribution in [1.29, 1.82) is 0 Å². The summed E-state index contributed by atoms with van der Waals surface area (Å²) in [6, 6.07) is 6.21. The molecule has 1 aliphatic rings. The van der Waals surface area contributed by atoms with Crippen LogP contribution in [0, 0.1) is 5.92 Å². The summed E-state index contributed by atoms with van der Waals surface area (Å²) in [6.07, 6.45) is 2.07. The summed E-state index contributed by atoms with van der Waals surface area (Å²) >= 11 is 1.71. The molecule has 1 aromatic carbocycles. The molecule has 22 heavy (non-hydrogen) atoms. The molecule has 1 aliphatic heterocycles. The van der Waals surface area contributed by atoms with Crippen molar-refractivity contribution >= 4 is 24.3 Å². The van der Waals surface area contributed by atoms with Crippen LogP contribution in [0.3, 0.4) is 0 Å². The second kappa shape index (κ2) is 6.46. The zero-order chi connectivity index (χ0) is 16.5. The van der Waals surface area contributed by atoms with E-state index in [-0.39, 0.29) is 18.3 Å². The third-order valence-electron chi connectivity index (χ3n) is 4.30. The minimum atomic E-state index is -0.390. The van der Waals surface area contributed by atoms with Gasteiger partial charge in [0.1, 0.15) is 5.75 Å². The first-order valence-corrected chi connectivity index (χ1v) is 9.05. The number of rotatable bonds is 5. The van der Waals surface area contributed by atoms with Crippen LogP contribution in [-0.2, 0) is 9.31 Å². The molecule has 2 rings (SSSR count). The fraction of sp³-hybridized carbons (Fsp3) is 0.647. The number of benzene rings is 1. The Hall–Kier alpha value is -0.645. The second-order valence-corrected chi connectivity index (χ2v) is 8.08. The molecule has 0 spiro atoms. The highest BCUT2D eigenvalue weighted by molar-refractivity contribution is 7.98. The van der Waals surface area contributed by atoms with Crippen molar-refractivity contribution in [3.05, 3.63) is 18.2 Å². The van der Waals surface area contributed by atoms with E-state index in [4.69, 9.17) is 14.0 Å². The van der Waals surface area contributed by atoms with Crippen molar-refractivity contribution in [3.8, 4) is 5.75 Å². The maximum absolute atomic E-state index is 6.19. The van der Waals surface area contributed by atoms with E-state index in [0.29, 0.717) is 12.5 Å². The van der Waals surface area contributed by atoms with Crippen LogP contribution in [-0.4, -0.2) is 31.2 Å². The molecule has 0 amide bonds. The Balaban J connectivity index is 2.32. The van der Waals surface area contributed by atoms with E-state index in [1.54, 1.807) is 11.8 Å². The maximum atomic E-state index is 6.19. The Morgan fingerprint density at radius 3 is 2.23 bits per heavy atom. The number of hydrogen-bond donors (Lipinski definition) is 0. The van der Waals surface area contributed by atoms with Crippen molar-refractivity contribution in [2.24, 2.45) is 5.92 Å². The third-order valence-corrected chi connectivity index (χ3v) is 5.02. The molecule has 0 radical (unpaired) electrons. The van der Waals surface area contributed by atoms with Crippen molar-refractivity contribution in [3.63, 3.8) is 0 Å². The lowest BCUT2D eigenvalue weighted by Gasteiger charge is -2.32. The van der Waals surface area contributed by atoms with Crippen LogP contribution >= 0.6 is 11.8 Å². The highest BCUT2D eigenvalue weighted by Gasteiger charge is 2.52. The SMILES string of the molecule is CSc1ccc(OCC(C)C)c(B2OC(C)(C)C(C)(C)O2)c1. The molecule has 1 saturated heterocycles. The van der Waals surface area contributed by atoms with E-state index in [9.17, 15) is 0 Å². The van der Waals surface area contributed by atoms with Crippen molar-refractivity contribution < 1.29 is 14.0 Å². The molecule has 0 aliphatic carbocycles. The van der Waals surface area contributed by atoms with E-state index >= 15 is 0 Å². The third kappa shape index (κ3) is 3.63. The number of ether oxygens (including phenoxy) is 1. The standard InChI is InChI=1S/C17H27BO3S/c1-12(2)11-19-15-9-8-13(22-7)10-14(15)18-20-16(3,4)17(5,6)21-18/h8-10,12H,11H2,1-7H3. The molecule has 1 heterocycles. The van der Waals surface area contributed by atoms with Crippen LogP contribution in [0.25, 0.3) is 0 Å². The molecule has 5 heteroatoms. The van der Waals surface area contributed by atoms with Crippen LogP contribution in [0.1, 0.15) is 41.5 Å². The normalized spacial score (nSPS) is 19.7. The van der Waals surface area contributed by atoms with Gasteiger partial charge in [-0.3, -0.25) is 0 Å². The quantitative estimate of drug-likeness (QED) is 0.610. The molecular formula is C17H27BO3S. The van der Waals surface area contributed by atoms with E-state index in [0.717, 1.165) is 11.2 Å². The summed E-state index contributed by atoms with van der Waals surface area (Å²) in [5, 5.41) is 0. The lowest BCUT2D eigenvalue weighted by atomic mass is 9.78. The molecule has 0 unspecified atom stereocenters. The van der Waals surface area contributed by atoms with E-state index in [1.807, 2.05) is 6.07 Å². The number of thioether (sulfide) groups is 1. The molecule has 122 valence electrons. The summed E-state index contributed by atoms with van der Waals surface area (Å²) in [7, 11) is -0.390. The monoisotopic (exact) mass is 322 g/mol. The van der Waals surface area contributed by atoms with Gasteiger partial charge in [-0.1, -0.05) is 13.8 Å². The summed E-state index contributed by atoms with van der Waals surface area (Å²) in [5.41, 5.74) is 0.288. The zero-order valence-corrected chi connectivity index (χ0v) is 15.5. The molecule has 0 N–H and O–H groups in total. The largest absolute Gasteiger partial charge is 0.498 e. The molecule has 0 atom stereocenters. The Morgan fingerprint density at radius 1 is 1.14 bits per heavy atom. The van der Waals surface area contributed by atoms with Crippen LogP contribution in [0.4, 0.5) is 0 Å². The average molecular weight is 322 g/mol. The van der Waals surface area contributed by atoms with Crippen LogP contribution in [0.15, 0.2) is 23.1 Å². The predicted molar refractivity (Wildman–Crippen MR) is 94.3 cm³/mol. The Bertz CT molecular complexity index is 513. The Labute approximate surface area is 139 Å². The smallest absolute Gasteiger partial charge is 0.494 e. The predicted octanol–water partition coefficient (Wildman–Crippen LogP) is 3.74. The van der Waals surface area contributed by atoms with Gasteiger partial charge in [0.25, 0.3) is 0 Å². The minimum Gasteiger partial charge on any atom is -0.494 e. The minimum absolute atomic E-state index is 0.345. The van der Waals surface area contributed by atoms with Crippen LogP contribution < -0.4 is 10.2 Å². The first kappa shape index (κ1) is 17.7. The lowest BCUT2D eigenvalue weighted by molar-refractivity contribution is 0.00578. The Morgan fingerprint density at radius 2 is 1.73 bits per heavy atom. The molecule has 1 aromatic rings. The first-order valence-electron chi connectivity index (χ1n) is 7.82. The van der Waals surface area contributed by atoms with Crippen LogP contribution in [0.5, 0.6) is 5.75 Å². The van der Waals surface area contributed by atoms with Crippen molar-refractivity contribution in [2.45, 2.75) is 57.6 Å². The van der Waals surface area contributed by atoms with E-state index in [2.05, 4.69) is 59.9 Å². The Kier molecular flexibility index (Phi) is 5.20. The summed E-state index contributed by atoms with van der Waals surface area (Å²) in [6.45, 7) is 13.3. The van der Waals surface area contributed by atoms with Crippen LogP contribution in [0.2, 0.25) is 0 Å². The summed E-state index contributed by atoms with van der Waals surface area (Å²) in [5.74, 6) is 1.33. The van der Waals surface area contributed by atoms with Gasteiger partial charge in [0.2, 0.25) is 0 Å². The van der Waals surface area contributed by atoms with Crippen molar-refractivity contribution in [1.82, 2.24) is 0 Å². The fourth-order valence-electron chi connectivity index (χ4n) is 2.20. The summed E-state index contributed by atoms with van der Waals surface area (Å²) in [4.78, 5) is 1.18. The molecule has 3 nitrogen and oxygen atoms in total. The van der Waals surface area contributed by atoms with Gasteiger partial charge in [0.05, 0.1) is 17.8 Å². The molecule has 0 aromatic heterocycles. The fourth-order valence-corrected chi connectivity index (χ4v) is 2.64. The van der Waals surface area contributed by atoms with Gasteiger partial charge in [0, 0.05) is 10.4 Å². The van der Waals surface area contributed by atoms with E-state index in [1.165, 1.54) is 4.90 Å². The molecular weight excluding hydrogens is 295 g/mol. The highest BCUT2D eigenvalue weighted by atomic mass is 32.2. The second-order valence-electron chi connectivity index (χ2n) is 7.20. The van der Waals surface area contributed by atoms with Gasteiger partial charge in [-0.2, -0.15) is 0 Å². The maximum Gasteiger partial charge on any atom is 0.498 e. The average Bonchev–Trinajstić information content (AvgIpc) is 2.65. The van der Waals surface area contributed by atoms with Gasteiger partial charge in [-0.25, -0.2) is 0 Å². The lowest BCUT2D eigenvalue weighted by Crippen LogP contribution is -2.41. The summed E-state index contributed by atoms with van der Waals surface area (Å²) < 4.78 is 18.3. The molecule has 0 bridgehead atoms. The molecule has 0 saturated carbocycles. The van der Waals surface area contributed by atoms with Gasteiger partial charge in [-0.15, -0.1) is 11.8 Å². The van der Waals surface area contributed by atoms with Gasteiger partial charge in [-0.05, 0) is 58.1 Å². The highest BCUT2D eigenvalue weighted by Crippen LogP contribution is 2.37. The number of hydrogen-bond acceptors (Lipinski definition) is 4. The zero-order valence-electron chi connectivity index (χ0n) is 14.7. The van der Waals surface area contributed by atoms with Crippen molar-refractivity contribution in [2.75, 3.05) is 12.9 Å².